The number of aromatic nitrogens is 2. The lowest BCUT2D eigenvalue weighted by atomic mass is 10.00. The van der Waals surface area contributed by atoms with Gasteiger partial charge in [0, 0.05) is 6.54 Å². The Balaban J connectivity index is 2.60. The molecule has 0 saturated heterocycles. The molecule has 0 bridgehead atoms. The van der Waals surface area contributed by atoms with Crippen molar-refractivity contribution in [3.63, 3.8) is 0 Å². The monoisotopic (exact) mass is 369 g/mol. The summed E-state index contributed by atoms with van der Waals surface area (Å²) in [6.45, 7) is 8.18. The van der Waals surface area contributed by atoms with Crippen molar-refractivity contribution in [2.75, 3.05) is 13.2 Å². The van der Waals surface area contributed by atoms with Crippen LogP contribution in [0, 0.1) is 10.1 Å². The first-order chi connectivity index (χ1) is 11.9. The summed E-state index contributed by atoms with van der Waals surface area (Å²) in [5.74, 6) is -2.81. The molecule has 1 heterocycles. The summed E-state index contributed by atoms with van der Waals surface area (Å²) in [6, 6.07) is 0. The van der Waals surface area contributed by atoms with Crippen molar-refractivity contribution < 1.29 is 24.1 Å². The molecule has 26 heavy (non-hydrogen) atoms. The molecular formula is C15H23N5O6. The number of Topliss-reactive ketones (excluding diaryl/α,β-unsaturated/α-hetero) is 2. The van der Waals surface area contributed by atoms with E-state index in [4.69, 9.17) is 4.84 Å². The fourth-order valence-electron chi connectivity index (χ4n) is 1.78. The summed E-state index contributed by atoms with van der Waals surface area (Å²) >= 11 is 0. The van der Waals surface area contributed by atoms with E-state index in [2.05, 4.69) is 15.8 Å². The van der Waals surface area contributed by atoms with Crippen molar-refractivity contribution >= 4 is 23.4 Å². The second kappa shape index (κ2) is 8.25. The molecule has 0 aliphatic heterocycles. The first-order valence-corrected chi connectivity index (χ1v) is 7.82. The van der Waals surface area contributed by atoms with Gasteiger partial charge in [0.25, 0.3) is 5.78 Å². The van der Waals surface area contributed by atoms with E-state index in [1.54, 1.807) is 13.8 Å². The molecule has 0 spiro atoms. The summed E-state index contributed by atoms with van der Waals surface area (Å²) < 4.78 is 0.572. The van der Waals surface area contributed by atoms with Crippen molar-refractivity contribution in [1.29, 1.82) is 0 Å². The van der Waals surface area contributed by atoms with E-state index >= 15 is 0 Å². The number of ketones is 2. The molecule has 0 fully saturated rings. The van der Waals surface area contributed by atoms with Gasteiger partial charge in [-0.2, -0.15) is 10.0 Å². The van der Waals surface area contributed by atoms with Gasteiger partial charge in [0.2, 0.25) is 0 Å². The van der Waals surface area contributed by atoms with Gasteiger partial charge in [-0.15, -0.1) is 0 Å². The molecule has 0 aromatic carbocycles. The maximum absolute atomic E-state index is 12.3. The van der Waals surface area contributed by atoms with Crippen LogP contribution in [0.5, 0.6) is 0 Å². The number of hydrogen-bond donors (Lipinski definition) is 2. The minimum absolute atomic E-state index is 0.0338. The molecule has 0 atom stereocenters. The van der Waals surface area contributed by atoms with Gasteiger partial charge in [0.15, 0.2) is 0 Å². The number of carbonyl (C=O) groups is 3. The maximum Gasteiger partial charge on any atom is 0.442 e. The van der Waals surface area contributed by atoms with E-state index in [0.29, 0.717) is 11.1 Å². The second-order valence-corrected chi connectivity index (χ2v) is 6.67. The molecule has 144 valence electrons. The van der Waals surface area contributed by atoms with Crippen molar-refractivity contribution in [1.82, 2.24) is 20.3 Å². The lowest BCUT2D eigenvalue weighted by molar-refractivity contribution is -0.395. The highest BCUT2D eigenvalue weighted by molar-refractivity contribution is 6.40. The molecule has 1 aromatic heterocycles. The van der Waals surface area contributed by atoms with Crippen LogP contribution in [0.25, 0.3) is 0 Å². The van der Waals surface area contributed by atoms with Gasteiger partial charge in [-0.3, -0.25) is 14.4 Å². The molecule has 2 N–H and O–H groups in total. The normalized spacial score (nSPS) is 12.0. The van der Waals surface area contributed by atoms with Crippen molar-refractivity contribution in [2.24, 2.45) is 0 Å². The van der Waals surface area contributed by atoms with Crippen LogP contribution >= 0.6 is 0 Å². The van der Waals surface area contributed by atoms with Crippen LogP contribution in [0.4, 0.5) is 5.95 Å². The van der Waals surface area contributed by atoms with E-state index in [1.807, 2.05) is 0 Å². The molecule has 0 amide bonds. The Labute approximate surface area is 150 Å². The number of rotatable bonds is 10. The van der Waals surface area contributed by atoms with Crippen LogP contribution in [0.2, 0.25) is 0 Å². The van der Waals surface area contributed by atoms with E-state index in [1.165, 1.54) is 20.8 Å². The first kappa shape index (κ1) is 21.5. The molecular weight excluding hydrogens is 346 g/mol. The highest BCUT2D eigenvalue weighted by atomic mass is 16.6. The highest BCUT2D eigenvalue weighted by Crippen LogP contribution is 2.12. The molecule has 0 aliphatic carbocycles. The van der Waals surface area contributed by atoms with Gasteiger partial charge in [0.1, 0.15) is 23.7 Å². The number of imidazole rings is 1. The standard InChI is InChI=1S/C15H23N5O6/c1-10(21)14(2,3)17-7-9-26-18-15(4,5)11(22)12(23)19-8-6-16-13(19)20(24)25/h6,8,17-18H,7,9H2,1-5H3. The van der Waals surface area contributed by atoms with Gasteiger partial charge in [-0.1, -0.05) is 4.98 Å². The Bertz CT molecular complexity index is 709. The summed E-state index contributed by atoms with van der Waals surface area (Å²) in [4.78, 5) is 54.5. The smallest absolute Gasteiger partial charge is 0.390 e. The molecule has 11 heteroatoms. The Kier molecular flexibility index (Phi) is 6.84. The second-order valence-electron chi connectivity index (χ2n) is 6.67. The molecule has 0 saturated carbocycles. The Hall–Kier alpha value is -2.50. The van der Waals surface area contributed by atoms with Crippen molar-refractivity contribution in [3.8, 4) is 0 Å². The third-order valence-electron chi connectivity index (χ3n) is 3.74. The zero-order valence-electron chi connectivity index (χ0n) is 15.4. The lowest BCUT2D eigenvalue weighted by Gasteiger charge is -2.25. The fraction of sp³-hybridized carbons (Fsp3) is 0.600. The van der Waals surface area contributed by atoms with Gasteiger partial charge >= 0.3 is 11.9 Å². The quantitative estimate of drug-likeness (QED) is 0.256. The molecule has 0 radical (unpaired) electrons. The SMILES string of the molecule is CC(=O)C(C)(C)NCCONC(C)(C)C(=O)C(=O)n1ccnc1[N+](=O)[O-]. The van der Waals surface area contributed by atoms with E-state index in [9.17, 15) is 24.5 Å². The van der Waals surface area contributed by atoms with Crippen molar-refractivity contribution in [2.45, 2.75) is 45.7 Å². The number of hydroxylamine groups is 1. The summed E-state index contributed by atoms with van der Waals surface area (Å²) in [6.07, 6.45) is 2.10. The van der Waals surface area contributed by atoms with Crippen LogP contribution in [-0.4, -0.2) is 56.2 Å². The minimum Gasteiger partial charge on any atom is -0.390 e. The molecule has 0 aliphatic rings. The number of nitro groups is 1. The maximum atomic E-state index is 12.3. The van der Waals surface area contributed by atoms with Crippen LogP contribution in [0.3, 0.4) is 0 Å². The third-order valence-corrected chi connectivity index (χ3v) is 3.74. The van der Waals surface area contributed by atoms with E-state index in [0.717, 1.165) is 12.4 Å². The average molecular weight is 369 g/mol. The van der Waals surface area contributed by atoms with E-state index in [-0.39, 0.29) is 12.4 Å². The number of nitrogens with zero attached hydrogens (tertiary/aromatic N) is 3. The van der Waals surface area contributed by atoms with Gasteiger partial charge in [0.05, 0.1) is 12.1 Å². The number of hydrogen-bond acceptors (Lipinski definition) is 9. The van der Waals surface area contributed by atoms with E-state index < -0.39 is 33.6 Å². The fourth-order valence-corrected chi connectivity index (χ4v) is 1.78. The average Bonchev–Trinajstić information content (AvgIpc) is 3.02. The molecule has 11 nitrogen and oxygen atoms in total. The predicted molar refractivity (Wildman–Crippen MR) is 90.4 cm³/mol. The molecule has 0 unspecified atom stereocenters. The highest BCUT2D eigenvalue weighted by Gasteiger charge is 2.38. The Morgan fingerprint density at radius 1 is 1.27 bits per heavy atom. The minimum atomic E-state index is -1.43. The molecule has 1 aromatic rings. The van der Waals surface area contributed by atoms with Crippen LogP contribution in [0.1, 0.15) is 39.4 Å². The summed E-state index contributed by atoms with van der Waals surface area (Å²) in [7, 11) is 0. The number of carbonyl (C=O) groups excluding carboxylic acids is 3. The lowest BCUT2D eigenvalue weighted by Crippen LogP contribution is -2.52. The summed E-state index contributed by atoms with van der Waals surface area (Å²) in [5, 5.41) is 13.8. The zero-order valence-corrected chi connectivity index (χ0v) is 15.4. The predicted octanol–water partition coefficient (Wildman–Crippen LogP) is 0.258. The van der Waals surface area contributed by atoms with Gasteiger partial charge in [-0.05, 0) is 39.5 Å². The van der Waals surface area contributed by atoms with Crippen LogP contribution in [-0.2, 0) is 14.4 Å². The summed E-state index contributed by atoms with van der Waals surface area (Å²) in [5.41, 5.74) is 0.338. The van der Waals surface area contributed by atoms with Crippen LogP contribution in [0.15, 0.2) is 12.4 Å². The first-order valence-electron chi connectivity index (χ1n) is 7.82. The van der Waals surface area contributed by atoms with Crippen molar-refractivity contribution in [3.05, 3.63) is 22.5 Å². The third kappa shape index (κ3) is 5.25. The Morgan fingerprint density at radius 2 is 1.88 bits per heavy atom. The zero-order chi connectivity index (χ0) is 20.1. The van der Waals surface area contributed by atoms with Gasteiger partial charge in [-0.25, -0.2) is 4.79 Å². The van der Waals surface area contributed by atoms with Crippen LogP contribution < -0.4 is 10.8 Å². The topological polar surface area (TPSA) is 145 Å². The number of nitrogens with one attached hydrogen (secondary N) is 2. The Morgan fingerprint density at radius 3 is 2.42 bits per heavy atom. The largest absolute Gasteiger partial charge is 0.442 e. The molecule has 1 rings (SSSR count). The van der Waals surface area contributed by atoms with Gasteiger partial charge < -0.3 is 15.4 Å².